The van der Waals surface area contributed by atoms with Crippen molar-refractivity contribution in [1.82, 2.24) is 0 Å². The van der Waals surface area contributed by atoms with Crippen LogP contribution >= 0.6 is 11.6 Å². The van der Waals surface area contributed by atoms with E-state index >= 15 is 0 Å². The second kappa shape index (κ2) is 6.62. The first-order valence-electron chi connectivity index (χ1n) is 6.64. The highest BCUT2D eigenvalue weighted by molar-refractivity contribution is 7.92. The average molecular weight is 380 g/mol. The van der Waals surface area contributed by atoms with E-state index in [1.807, 2.05) is 0 Å². The maximum atomic E-state index is 12.8. The smallest absolute Gasteiger partial charge is 0.392 e. The number of nitrogens with one attached hydrogen (secondary N) is 1. The first-order chi connectivity index (χ1) is 11.0. The molecule has 0 saturated carbocycles. The highest BCUT2D eigenvalue weighted by atomic mass is 35.5. The predicted octanol–water partition coefficient (Wildman–Crippen LogP) is 3.96. The molecule has 0 heterocycles. The lowest BCUT2D eigenvalue weighted by Gasteiger charge is -2.14. The molecule has 2 N–H and O–H groups in total. The van der Waals surface area contributed by atoms with Crippen LogP contribution in [0.2, 0.25) is 5.02 Å². The molecule has 0 aliphatic rings. The average Bonchev–Trinajstić information content (AvgIpc) is 2.48. The number of aryl methyl sites for hydroxylation is 1. The van der Waals surface area contributed by atoms with Gasteiger partial charge < -0.3 is 5.11 Å². The highest BCUT2D eigenvalue weighted by Crippen LogP contribution is 2.34. The predicted molar refractivity (Wildman–Crippen MR) is 84.4 cm³/mol. The monoisotopic (exact) mass is 379 g/mol. The summed E-state index contributed by atoms with van der Waals surface area (Å²) in [6.45, 7) is 1.31. The van der Waals surface area contributed by atoms with Crippen LogP contribution in [0.1, 0.15) is 16.7 Å². The van der Waals surface area contributed by atoms with Crippen LogP contribution < -0.4 is 4.72 Å². The fourth-order valence-electron chi connectivity index (χ4n) is 1.96. The van der Waals surface area contributed by atoms with Gasteiger partial charge in [0.1, 0.15) is 4.90 Å². The number of sulfonamides is 1. The maximum absolute atomic E-state index is 12.8. The molecule has 0 atom stereocenters. The molecule has 24 heavy (non-hydrogen) atoms. The molecule has 2 aromatic carbocycles. The van der Waals surface area contributed by atoms with Crippen molar-refractivity contribution >= 4 is 27.3 Å². The number of rotatable bonds is 4. The molecule has 0 radical (unpaired) electrons. The van der Waals surface area contributed by atoms with Crippen LogP contribution in [0, 0.1) is 6.92 Å². The van der Waals surface area contributed by atoms with Crippen LogP contribution in [0.15, 0.2) is 41.3 Å². The molecule has 0 aliphatic carbocycles. The third kappa shape index (κ3) is 4.00. The van der Waals surface area contributed by atoms with Gasteiger partial charge in [-0.05, 0) is 42.3 Å². The molecule has 0 bridgehead atoms. The van der Waals surface area contributed by atoms with Crippen LogP contribution in [-0.2, 0) is 22.8 Å². The zero-order valence-corrected chi connectivity index (χ0v) is 13.9. The molecule has 2 rings (SSSR count). The number of hydrogen-bond donors (Lipinski definition) is 2. The first-order valence-corrected chi connectivity index (χ1v) is 8.50. The molecule has 2 aromatic rings. The Kier molecular flexibility index (Phi) is 5.12. The zero-order valence-electron chi connectivity index (χ0n) is 12.4. The molecule has 0 fully saturated rings. The molecule has 0 aliphatic heterocycles. The van der Waals surface area contributed by atoms with E-state index in [2.05, 4.69) is 4.72 Å². The van der Waals surface area contributed by atoms with Gasteiger partial charge in [0.2, 0.25) is 0 Å². The highest BCUT2D eigenvalue weighted by Gasteiger charge is 2.32. The number of aliphatic hydroxyl groups is 1. The van der Waals surface area contributed by atoms with Crippen molar-refractivity contribution in [2.24, 2.45) is 0 Å². The lowest BCUT2D eigenvalue weighted by Crippen LogP contribution is -2.16. The first kappa shape index (κ1) is 18.6. The van der Waals surface area contributed by atoms with E-state index in [0.29, 0.717) is 23.3 Å². The van der Waals surface area contributed by atoms with Crippen LogP contribution in [0.25, 0.3) is 0 Å². The fraction of sp³-hybridized carbons (Fsp3) is 0.200. The van der Waals surface area contributed by atoms with Crippen LogP contribution in [-0.4, -0.2) is 13.5 Å². The summed E-state index contributed by atoms with van der Waals surface area (Å²) in [6, 6.07) is 6.65. The second-order valence-corrected chi connectivity index (χ2v) is 7.11. The lowest BCUT2D eigenvalue weighted by atomic mass is 10.1. The largest absolute Gasteiger partial charge is 0.416 e. The van der Waals surface area contributed by atoms with Crippen molar-refractivity contribution in [3.05, 3.63) is 58.1 Å². The minimum atomic E-state index is -4.69. The van der Waals surface area contributed by atoms with E-state index < -0.39 is 26.7 Å². The lowest BCUT2D eigenvalue weighted by molar-refractivity contribution is -0.137. The van der Waals surface area contributed by atoms with Gasteiger partial charge in [0.05, 0.1) is 22.9 Å². The Morgan fingerprint density at radius 1 is 1.17 bits per heavy atom. The summed E-state index contributed by atoms with van der Waals surface area (Å²) in [7, 11) is -4.34. The standard InChI is InChI=1S/C15H13ClF3NO3S/c1-9-2-3-10(8-21)6-13(9)20-24(22,23)14-7-11(15(17,18)19)4-5-12(14)16/h2-7,20-21H,8H2,1H3. The van der Waals surface area contributed by atoms with Crippen LogP contribution in [0.3, 0.4) is 0 Å². The van der Waals surface area contributed by atoms with Crippen molar-refractivity contribution in [3.8, 4) is 0 Å². The number of aliphatic hydroxyl groups excluding tert-OH is 1. The summed E-state index contributed by atoms with van der Waals surface area (Å²) >= 11 is 5.77. The molecular weight excluding hydrogens is 367 g/mol. The van der Waals surface area contributed by atoms with Crippen molar-refractivity contribution in [1.29, 1.82) is 0 Å². The van der Waals surface area contributed by atoms with Gasteiger partial charge in [-0.2, -0.15) is 13.2 Å². The van der Waals surface area contributed by atoms with E-state index in [9.17, 15) is 21.6 Å². The molecule has 0 aromatic heterocycles. The quantitative estimate of drug-likeness (QED) is 0.845. The molecule has 4 nitrogen and oxygen atoms in total. The van der Waals surface area contributed by atoms with Crippen molar-refractivity contribution < 1.29 is 26.7 Å². The Morgan fingerprint density at radius 3 is 2.42 bits per heavy atom. The summed E-state index contributed by atoms with van der Waals surface area (Å²) in [4.78, 5) is -0.673. The van der Waals surface area contributed by atoms with E-state index in [0.717, 1.165) is 6.07 Å². The molecule has 130 valence electrons. The molecule has 0 saturated heterocycles. The van der Waals surface area contributed by atoms with E-state index in [4.69, 9.17) is 16.7 Å². The van der Waals surface area contributed by atoms with Gasteiger partial charge in [-0.15, -0.1) is 0 Å². The molecular formula is C15H13ClF3NO3S. The molecule has 0 amide bonds. The Morgan fingerprint density at radius 2 is 1.83 bits per heavy atom. The third-order valence-corrected chi connectivity index (χ3v) is 5.12. The Labute approximate surface area is 141 Å². The van der Waals surface area contributed by atoms with Crippen molar-refractivity contribution in [3.63, 3.8) is 0 Å². The summed E-state index contributed by atoms with van der Waals surface area (Å²) in [5.74, 6) is 0. The van der Waals surface area contributed by atoms with E-state index in [1.54, 1.807) is 19.1 Å². The summed E-state index contributed by atoms with van der Waals surface area (Å²) in [6.07, 6.45) is -4.69. The number of halogens is 4. The fourth-order valence-corrected chi connectivity index (χ4v) is 3.61. The third-order valence-electron chi connectivity index (χ3n) is 3.28. The van der Waals surface area contributed by atoms with Gasteiger partial charge >= 0.3 is 6.18 Å². The molecule has 0 spiro atoms. The zero-order chi connectivity index (χ0) is 18.1. The maximum Gasteiger partial charge on any atom is 0.416 e. The van der Waals surface area contributed by atoms with Gasteiger partial charge in [0.25, 0.3) is 10.0 Å². The van der Waals surface area contributed by atoms with Crippen LogP contribution in [0.4, 0.5) is 18.9 Å². The number of hydrogen-bond acceptors (Lipinski definition) is 3. The van der Waals surface area contributed by atoms with Gasteiger partial charge in [-0.25, -0.2) is 8.42 Å². The minimum absolute atomic E-state index is 0.148. The number of anilines is 1. The Bertz CT molecular complexity index is 867. The minimum Gasteiger partial charge on any atom is -0.392 e. The summed E-state index contributed by atoms with van der Waals surface area (Å²) in [5.41, 5.74) is 0.0236. The second-order valence-electron chi connectivity index (χ2n) is 5.06. The van der Waals surface area contributed by atoms with Crippen LogP contribution in [0.5, 0.6) is 0 Å². The van der Waals surface area contributed by atoms with Gasteiger partial charge in [-0.1, -0.05) is 23.7 Å². The SMILES string of the molecule is Cc1ccc(CO)cc1NS(=O)(=O)c1cc(C(F)(F)F)ccc1Cl. The van der Waals surface area contributed by atoms with Gasteiger partial charge in [-0.3, -0.25) is 4.72 Å². The van der Waals surface area contributed by atoms with Gasteiger partial charge in [0, 0.05) is 0 Å². The van der Waals surface area contributed by atoms with Gasteiger partial charge in [0.15, 0.2) is 0 Å². The van der Waals surface area contributed by atoms with E-state index in [-0.39, 0.29) is 17.3 Å². The normalized spacial score (nSPS) is 12.2. The molecule has 0 unspecified atom stereocenters. The summed E-state index contributed by atoms with van der Waals surface area (Å²) < 4.78 is 65.4. The number of alkyl halides is 3. The number of benzene rings is 2. The Balaban J connectivity index is 2.48. The Hall–Kier alpha value is -1.77. The van der Waals surface area contributed by atoms with Crippen molar-refractivity contribution in [2.45, 2.75) is 24.6 Å². The molecule has 9 heteroatoms. The topological polar surface area (TPSA) is 66.4 Å². The summed E-state index contributed by atoms with van der Waals surface area (Å²) in [5, 5.41) is 8.79. The van der Waals surface area contributed by atoms with E-state index in [1.165, 1.54) is 6.07 Å². The van der Waals surface area contributed by atoms with Crippen molar-refractivity contribution in [2.75, 3.05) is 4.72 Å².